The van der Waals surface area contributed by atoms with Crippen molar-refractivity contribution in [3.05, 3.63) is 62.7 Å². The third kappa shape index (κ3) is 3.68. The van der Waals surface area contributed by atoms with Gasteiger partial charge in [-0.3, -0.25) is 29.7 Å². The average molecular weight is 487 g/mol. The van der Waals surface area contributed by atoms with Crippen LogP contribution in [0, 0.1) is 10.1 Å². The number of benzene rings is 2. The van der Waals surface area contributed by atoms with Crippen LogP contribution in [0.1, 0.15) is 17.3 Å². The van der Waals surface area contributed by atoms with E-state index in [1.165, 1.54) is 12.1 Å². The predicted molar refractivity (Wildman–Crippen MR) is 119 cm³/mol. The molecule has 0 spiro atoms. The summed E-state index contributed by atoms with van der Waals surface area (Å²) in [6.45, 7) is 2.00. The molecule has 160 valence electrons. The lowest BCUT2D eigenvalue weighted by Gasteiger charge is -2.34. The number of hydrogen-bond acceptors (Lipinski definition) is 7. The first kappa shape index (κ1) is 21.0. The molecule has 10 heteroatoms. The van der Waals surface area contributed by atoms with E-state index in [-0.39, 0.29) is 34.6 Å². The summed E-state index contributed by atoms with van der Waals surface area (Å²) in [6, 6.07) is 9.72. The van der Waals surface area contributed by atoms with Crippen molar-refractivity contribution in [2.45, 2.75) is 13.1 Å². The molecule has 2 heterocycles. The predicted octanol–water partition coefficient (Wildman–Crippen LogP) is 4.19. The fraction of sp³-hybridized carbons (Fsp3) is 0.238. The van der Waals surface area contributed by atoms with Gasteiger partial charge in [0, 0.05) is 23.7 Å². The molecule has 1 unspecified atom stereocenters. The largest absolute Gasteiger partial charge is 0.454 e. The highest BCUT2D eigenvalue weighted by atomic mass is 79.9. The fourth-order valence-electron chi connectivity index (χ4n) is 3.40. The molecule has 1 aliphatic heterocycles. The van der Waals surface area contributed by atoms with Crippen molar-refractivity contribution in [3.63, 3.8) is 0 Å². The number of carbonyl (C=O) groups is 1. The number of nitro groups is 1. The molecule has 31 heavy (non-hydrogen) atoms. The molecule has 1 atom stereocenters. The number of fused-ring (bicyclic) bond motifs is 2. The van der Waals surface area contributed by atoms with E-state index < -0.39 is 4.92 Å². The highest BCUT2D eigenvalue weighted by Gasteiger charge is 2.30. The number of hydrogen-bond donors (Lipinski definition) is 0. The van der Waals surface area contributed by atoms with E-state index in [0.29, 0.717) is 28.1 Å². The lowest BCUT2D eigenvalue weighted by Crippen LogP contribution is -2.47. The first-order chi connectivity index (χ1) is 14.8. The van der Waals surface area contributed by atoms with Gasteiger partial charge in [0.15, 0.2) is 11.5 Å². The van der Waals surface area contributed by atoms with Crippen LogP contribution >= 0.6 is 15.9 Å². The van der Waals surface area contributed by atoms with Crippen LogP contribution in [0.5, 0.6) is 11.5 Å². The smallest absolute Gasteiger partial charge is 0.284 e. The number of pyridine rings is 1. The molecule has 2 aromatic carbocycles. The Bertz CT molecular complexity index is 1200. The molecule has 1 aromatic heterocycles. The molecule has 0 N–H and O–H groups in total. The highest BCUT2D eigenvalue weighted by molar-refractivity contribution is 9.10. The van der Waals surface area contributed by atoms with E-state index in [9.17, 15) is 14.9 Å². The molecular formula is C21H19BrN4O5. The highest BCUT2D eigenvalue weighted by Crippen LogP contribution is 2.40. The average Bonchev–Trinajstić information content (AvgIpc) is 3.19. The molecule has 0 saturated carbocycles. The number of nitro benzene ring substituents is 1. The van der Waals surface area contributed by atoms with Crippen molar-refractivity contribution in [2.75, 3.05) is 25.8 Å². The molecule has 1 amide bonds. The first-order valence-electron chi connectivity index (χ1n) is 9.41. The van der Waals surface area contributed by atoms with Crippen LogP contribution in [-0.4, -0.2) is 47.8 Å². The molecule has 4 rings (SSSR count). The number of amides is 1. The SMILES string of the molecule is CC(N(C)C)N(C(=O)c1cccc([N+](=O)[O-])c1Br)c1ccnc2cc3c(cc12)OCO3. The minimum atomic E-state index is -0.525. The number of anilines is 1. The number of carbonyl (C=O) groups excluding carboxylic acids is 1. The van der Waals surface area contributed by atoms with E-state index in [1.54, 1.807) is 35.4 Å². The summed E-state index contributed by atoms with van der Waals surface area (Å²) in [4.78, 5) is 32.5. The van der Waals surface area contributed by atoms with Crippen LogP contribution in [0.2, 0.25) is 0 Å². The van der Waals surface area contributed by atoms with Crippen molar-refractivity contribution in [3.8, 4) is 11.5 Å². The third-order valence-corrected chi connectivity index (χ3v) is 6.05. The maximum absolute atomic E-state index is 13.7. The Morgan fingerprint density at radius 3 is 2.61 bits per heavy atom. The summed E-state index contributed by atoms with van der Waals surface area (Å²) in [5.41, 5.74) is 1.26. The quantitative estimate of drug-likeness (QED) is 0.303. The van der Waals surface area contributed by atoms with Crippen LogP contribution in [0.15, 0.2) is 47.1 Å². The molecule has 0 fully saturated rings. The van der Waals surface area contributed by atoms with Crippen LogP contribution in [0.4, 0.5) is 11.4 Å². The molecule has 0 aliphatic carbocycles. The first-order valence-corrected chi connectivity index (χ1v) is 10.2. The minimum Gasteiger partial charge on any atom is -0.454 e. The van der Waals surface area contributed by atoms with Gasteiger partial charge in [0.1, 0.15) is 4.47 Å². The lowest BCUT2D eigenvalue weighted by atomic mass is 10.1. The summed E-state index contributed by atoms with van der Waals surface area (Å²) in [5.74, 6) is 0.780. The molecule has 0 radical (unpaired) electrons. The fourth-order valence-corrected chi connectivity index (χ4v) is 3.98. The van der Waals surface area contributed by atoms with Crippen molar-refractivity contribution < 1.29 is 19.2 Å². The van der Waals surface area contributed by atoms with Crippen LogP contribution in [0.25, 0.3) is 10.9 Å². The Morgan fingerprint density at radius 2 is 1.94 bits per heavy atom. The van der Waals surface area contributed by atoms with Gasteiger partial charge in [-0.15, -0.1) is 0 Å². The molecular weight excluding hydrogens is 468 g/mol. The molecule has 9 nitrogen and oxygen atoms in total. The van der Waals surface area contributed by atoms with Crippen molar-refractivity contribution in [1.29, 1.82) is 0 Å². The van der Waals surface area contributed by atoms with Gasteiger partial charge in [-0.25, -0.2) is 0 Å². The Kier molecular flexibility index (Phi) is 5.50. The van der Waals surface area contributed by atoms with Gasteiger partial charge in [-0.2, -0.15) is 0 Å². The molecule has 1 aliphatic rings. The molecule has 3 aromatic rings. The Balaban J connectivity index is 1.91. The van der Waals surface area contributed by atoms with Crippen molar-refractivity contribution in [2.24, 2.45) is 0 Å². The number of rotatable bonds is 5. The summed E-state index contributed by atoms with van der Waals surface area (Å²) < 4.78 is 11.1. The minimum absolute atomic E-state index is 0.123. The van der Waals surface area contributed by atoms with Crippen molar-refractivity contribution in [1.82, 2.24) is 9.88 Å². The second-order valence-corrected chi connectivity index (χ2v) is 8.01. The third-order valence-electron chi connectivity index (χ3n) is 5.22. The van der Waals surface area contributed by atoms with E-state index >= 15 is 0 Å². The van der Waals surface area contributed by atoms with Crippen LogP contribution < -0.4 is 14.4 Å². The molecule has 0 saturated heterocycles. The van der Waals surface area contributed by atoms with Crippen molar-refractivity contribution >= 4 is 44.1 Å². The Morgan fingerprint density at radius 1 is 1.23 bits per heavy atom. The Hall–Kier alpha value is -3.24. The summed E-state index contributed by atoms with van der Waals surface area (Å²) in [6.07, 6.45) is 1.25. The standard InChI is InChI=1S/C21H19BrN4O5/c1-12(24(2)3)25(21(27)13-5-4-6-17(20(13)22)26(28)29)16-7-8-23-15-10-19-18(9-14(15)16)30-11-31-19/h4-10,12H,11H2,1-3H3. The number of nitrogens with zero attached hydrogens (tertiary/aromatic N) is 4. The van der Waals surface area contributed by atoms with Gasteiger partial charge in [0.2, 0.25) is 6.79 Å². The van der Waals surface area contributed by atoms with Crippen LogP contribution in [-0.2, 0) is 0 Å². The zero-order chi connectivity index (χ0) is 22.3. The van der Waals surface area contributed by atoms with Gasteiger partial charge in [0.05, 0.1) is 27.9 Å². The number of ether oxygens (including phenoxy) is 2. The van der Waals surface area contributed by atoms with E-state index in [1.807, 2.05) is 25.9 Å². The lowest BCUT2D eigenvalue weighted by molar-refractivity contribution is -0.385. The maximum atomic E-state index is 13.7. The molecule has 0 bridgehead atoms. The summed E-state index contributed by atoms with van der Waals surface area (Å²) in [5, 5.41) is 12.1. The summed E-state index contributed by atoms with van der Waals surface area (Å²) in [7, 11) is 3.71. The summed E-state index contributed by atoms with van der Waals surface area (Å²) >= 11 is 3.25. The van der Waals surface area contributed by atoms with Gasteiger partial charge in [-0.05, 0) is 55.1 Å². The second-order valence-electron chi connectivity index (χ2n) is 7.22. The van der Waals surface area contributed by atoms with E-state index in [0.717, 1.165) is 0 Å². The maximum Gasteiger partial charge on any atom is 0.284 e. The van der Waals surface area contributed by atoms with Crippen LogP contribution in [0.3, 0.4) is 0 Å². The van der Waals surface area contributed by atoms with E-state index in [4.69, 9.17) is 9.47 Å². The van der Waals surface area contributed by atoms with Gasteiger partial charge in [0.25, 0.3) is 11.6 Å². The monoisotopic (exact) mass is 486 g/mol. The van der Waals surface area contributed by atoms with Gasteiger partial charge in [-0.1, -0.05) is 6.07 Å². The number of aromatic nitrogens is 1. The normalized spacial score (nSPS) is 13.5. The Labute approximate surface area is 186 Å². The number of halogens is 1. The second kappa shape index (κ2) is 8.12. The van der Waals surface area contributed by atoms with Gasteiger partial charge >= 0.3 is 0 Å². The topological polar surface area (TPSA) is 98.0 Å². The van der Waals surface area contributed by atoms with Gasteiger partial charge < -0.3 is 9.47 Å². The van der Waals surface area contributed by atoms with E-state index in [2.05, 4.69) is 20.9 Å². The zero-order valence-corrected chi connectivity index (χ0v) is 18.6. The zero-order valence-electron chi connectivity index (χ0n) is 17.0.